The number of carbonyl (C=O) groups is 1. The maximum Gasteiger partial charge on any atom is 0.251 e. The van der Waals surface area contributed by atoms with E-state index in [9.17, 15) is 9.18 Å². The van der Waals surface area contributed by atoms with Gasteiger partial charge in [0.1, 0.15) is 5.82 Å². The number of hydrogen-bond acceptors (Lipinski definition) is 1. The zero-order valence-corrected chi connectivity index (χ0v) is 11.8. The third kappa shape index (κ3) is 4.46. The van der Waals surface area contributed by atoms with Crippen molar-refractivity contribution in [2.75, 3.05) is 0 Å². The van der Waals surface area contributed by atoms with E-state index in [1.165, 1.54) is 18.2 Å². The number of hydrogen-bond donors (Lipinski definition) is 1. The van der Waals surface area contributed by atoms with E-state index >= 15 is 0 Å². The van der Waals surface area contributed by atoms with Gasteiger partial charge < -0.3 is 5.32 Å². The monoisotopic (exact) mass is 301 g/mol. The summed E-state index contributed by atoms with van der Waals surface area (Å²) in [6.07, 6.45) is 0.925. The van der Waals surface area contributed by atoms with Crippen LogP contribution in [0.2, 0.25) is 0 Å². The molecule has 0 bridgehead atoms. The van der Waals surface area contributed by atoms with Gasteiger partial charge in [-0.05, 0) is 53.4 Å². The van der Waals surface area contributed by atoms with Crippen LogP contribution in [-0.4, -0.2) is 11.9 Å². The van der Waals surface area contributed by atoms with Crippen LogP contribution in [0.1, 0.15) is 37.6 Å². The second kappa shape index (κ2) is 6.15. The first-order valence-electron chi connectivity index (χ1n) is 5.66. The van der Waals surface area contributed by atoms with Crippen molar-refractivity contribution in [3.63, 3.8) is 0 Å². The standard InChI is InChI=1S/C13H17BrFNO/c1-8(2)6-9(3)16-13(17)10-4-5-12(15)11(14)7-10/h4-5,7-9H,6H2,1-3H3,(H,16,17). The van der Waals surface area contributed by atoms with Gasteiger partial charge in [-0.25, -0.2) is 4.39 Å². The molecule has 0 fully saturated rings. The molecule has 4 heteroatoms. The summed E-state index contributed by atoms with van der Waals surface area (Å²) in [5.74, 6) is 0.000817. The van der Waals surface area contributed by atoms with Crippen LogP contribution in [-0.2, 0) is 0 Å². The van der Waals surface area contributed by atoms with Crippen LogP contribution in [0.3, 0.4) is 0 Å². The molecule has 2 nitrogen and oxygen atoms in total. The quantitative estimate of drug-likeness (QED) is 0.901. The minimum absolute atomic E-state index is 0.117. The lowest BCUT2D eigenvalue weighted by Crippen LogP contribution is -2.33. The maximum atomic E-state index is 13.0. The Bertz CT molecular complexity index is 406. The number of rotatable bonds is 4. The summed E-state index contributed by atoms with van der Waals surface area (Å²) in [5, 5.41) is 2.89. The lowest BCUT2D eigenvalue weighted by Gasteiger charge is -2.16. The van der Waals surface area contributed by atoms with E-state index in [-0.39, 0.29) is 17.8 Å². The summed E-state index contributed by atoms with van der Waals surface area (Å²) < 4.78 is 13.3. The Morgan fingerprint density at radius 2 is 2.06 bits per heavy atom. The highest BCUT2D eigenvalue weighted by atomic mass is 79.9. The molecular formula is C13H17BrFNO. The molecule has 94 valence electrons. The molecule has 0 spiro atoms. The lowest BCUT2D eigenvalue weighted by atomic mass is 10.0. The number of carbonyl (C=O) groups excluding carboxylic acids is 1. The molecule has 1 aromatic carbocycles. The summed E-state index contributed by atoms with van der Waals surface area (Å²) in [5.41, 5.74) is 0.467. The molecule has 1 N–H and O–H groups in total. The molecule has 0 saturated heterocycles. The van der Waals surface area contributed by atoms with E-state index in [1.807, 2.05) is 6.92 Å². The molecule has 1 amide bonds. The first-order valence-corrected chi connectivity index (χ1v) is 6.45. The van der Waals surface area contributed by atoms with Crippen LogP contribution in [0.4, 0.5) is 4.39 Å². The van der Waals surface area contributed by atoms with E-state index < -0.39 is 0 Å². The fraction of sp³-hybridized carbons (Fsp3) is 0.462. The van der Waals surface area contributed by atoms with Crippen molar-refractivity contribution >= 4 is 21.8 Å². The van der Waals surface area contributed by atoms with E-state index in [0.717, 1.165) is 6.42 Å². The predicted molar refractivity (Wildman–Crippen MR) is 70.5 cm³/mol. The van der Waals surface area contributed by atoms with Gasteiger partial charge >= 0.3 is 0 Å². The van der Waals surface area contributed by atoms with Gasteiger partial charge in [-0.15, -0.1) is 0 Å². The molecule has 1 atom stereocenters. The Hall–Kier alpha value is -0.900. The van der Waals surface area contributed by atoms with Gasteiger partial charge in [0.05, 0.1) is 4.47 Å². The Morgan fingerprint density at radius 3 is 2.59 bits per heavy atom. The topological polar surface area (TPSA) is 29.1 Å². The largest absolute Gasteiger partial charge is 0.350 e. The van der Waals surface area contributed by atoms with Crippen LogP contribution in [0.25, 0.3) is 0 Å². The van der Waals surface area contributed by atoms with Crippen molar-refractivity contribution in [2.24, 2.45) is 5.92 Å². The fourth-order valence-corrected chi connectivity index (χ4v) is 2.09. The van der Waals surface area contributed by atoms with E-state index in [2.05, 4.69) is 35.1 Å². The average molecular weight is 302 g/mol. The Morgan fingerprint density at radius 1 is 1.41 bits per heavy atom. The number of benzene rings is 1. The second-order valence-corrected chi connectivity index (χ2v) is 5.49. The van der Waals surface area contributed by atoms with Crippen LogP contribution < -0.4 is 5.32 Å². The number of nitrogens with one attached hydrogen (secondary N) is 1. The predicted octanol–water partition coefficient (Wildman–Crippen LogP) is 3.75. The molecule has 0 aliphatic carbocycles. The normalized spacial score (nSPS) is 12.6. The minimum atomic E-state index is -0.364. The third-order valence-corrected chi connectivity index (χ3v) is 2.99. The van der Waals surface area contributed by atoms with Crippen LogP contribution >= 0.6 is 15.9 Å². The van der Waals surface area contributed by atoms with Crippen molar-refractivity contribution in [1.29, 1.82) is 0 Å². The summed E-state index contributed by atoms with van der Waals surface area (Å²) >= 11 is 3.07. The van der Waals surface area contributed by atoms with Gasteiger partial charge in [-0.1, -0.05) is 13.8 Å². The molecule has 17 heavy (non-hydrogen) atoms. The van der Waals surface area contributed by atoms with Crippen molar-refractivity contribution in [3.8, 4) is 0 Å². The molecule has 0 aromatic heterocycles. The van der Waals surface area contributed by atoms with Gasteiger partial charge in [0.2, 0.25) is 0 Å². The molecule has 0 heterocycles. The Balaban J connectivity index is 2.66. The molecule has 1 rings (SSSR count). The highest BCUT2D eigenvalue weighted by Gasteiger charge is 2.12. The van der Waals surface area contributed by atoms with Crippen molar-refractivity contribution in [1.82, 2.24) is 5.32 Å². The first kappa shape index (κ1) is 14.2. The van der Waals surface area contributed by atoms with Gasteiger partial charge in [0.25, 0.3) is 5.91 Å². The highest BCUT2D eigenvalue weighted by Crippen LogP contribution is 2.17. The SMILES string of the molecule is CC(C)CC(C)NC(=O)c1ccc(F)c(Br)c1. The highest BCUT2D eigenvalue weighted by molar-refractivity contribution is 9.10. The smallest absolute Gasteiger partial charge is 0.251 e. The third-order valence-electron chi connectivity index (χ3n) is 2.38. The fourth-order valence-electron chi connectivity index (χ4n) is 1.71. The molecule has 1 unspecified atom stereocenters. The van der Waals surface area contributed by atoms with Gasteiger partial charge in [0, 0.05) is 11.6 Å². The summed E-state index contributed by atoms with van der Waals surface area (Å²) in [6.45, 7) is 6.19. The van der Waals surface area contributed by atoms with Crippen molar-refractivity contribution < 1.29 is 9.18 Å². The van der Waals surface area contributed by atoms with E-state index in [0.29, 0.717) is 16.0 Å². The number of halogens is 2. The van der Waals surface area contributed by atoms with Crippen LogP contribution in [0.15, 0.2) is 22.7 Å². The molecular weight excluding hydrogens is 285 g/mol. The molecule has 0 aliphatic rings. The zero-order chi connectivity index (χ0) is 13.0. The molecule has 0 aliphatic heterocycles. The summed E-state index contributed by atoms with van der Waals surface area (Å²) in [4.78, 5) is 11.8. The van der Waals surface area contributed by atoms with Crippen molar-refractivity contribution in [2.45, 2.75) is 33.2 Å². The number of amides is 1. The maximum absolute atomic E-state index is 13.0. The summed E-state index contributed by atoms with van der Waals surface area (Å²) in [6, 6.07) is 4.38. The first-order chi connectivity index (χ1) is 7.90. The summed E-state index contributed by atoms with van der Waals surface area (Å²) in [7, 11) is 0. The minimum Gasteiger partial charge on any atom is -0.350 e. The van der Waals surface area contributed by atoms with Crippen molar-refractivity contribution in [3.05, 3.63) is 34.1 Å². The Labute approximate surface area is 110 Å². The van der Waals surface area contributed by atoms with Gasteiger partial charge in [-0.3, -0.25) is 4.79 Å². The van der Waals surface area contributed by atoms with Crippen LogP contribution in [0, 0.1) is 11.7 Å². The van der Waals surface area contributed by atoms with Gasteiger partial charge in [0.15, 0.2) is 0 Å². The Kier molecular flexibility index (Phi) is 5.12. The zero-order valence-electron chi connectivity index (χ0n) is 10.3. The van der Waals surface area contributed by atoms with E-state index in [1.54, 1.807) is 0 Å². The van der Waals surface area contributed by atoms with E-state index in [4.69, 9.17) is 0 Å². The molecule has 0 saturated carbocycles. The van der Waals surface area contributed by atoms with Gasteiger partial charge in [-0.2, -0.15) is 0 Å². The second-order valence-electron chi connectivity index (χ2n) is 4.63. The molecule has 0 radical (unpaired) electrons. The lowest BCUT2D eigenvalue weighted by molar-refractivity contribution is 0.0936. The average Bonchev–Trinajstić information content (AvgIpc) is 2.20. The molecule has 1 aromatic rings. The van der Waals surface area contributed by atoms with Crippen LogP contribution in [0.5, 0.6) is 0 Å².